The van der Waals surface area contributed by atoms with Crippen LogP contribution < -0.4 is 10.6 Å². The van der Waals surface area contributed by atoms with Crippen LogP contribution in [0.5, 0.6) is 0 Å². The summed E-state index contributed by atoms with van der Waals surface area (Å²) in [6.07, 6.45) is 0. The standard InChI is InChI=1S/C13H10Cl2N2OS/c14-8-5-6-10(9(15)7-8)16-13(18)17-11-3-1-2-4-12(11)19/h1-7,19H,(H2,16,17,18). The highest BCUT2D eigenvalue weighted by Gasteiger charge is 2.07. The van der Waals surface area contributed by atoms with Crippen LogP contribution in [-0.4, -0.2) is 6.03 Å². The molecule has 0 spiro atoms. The Balaban J connectivity index is 2.08. The van der Waals surface area contributed by atoms with E-state index < -0.39 is 6.03 Å². The Kier molecular flexibility index (Phi) is 4.58. The van der Waals surface area contributed by atoms with Crippen LogP contribution in [0.15, 0.2) is 47.4 Å². The smallest absolute Gasteiger partial charge is 0.307 e. The van der Waals surface area contributed by atoms with Gasteiger partial charge in [-0.25, -0.2) is 4.79 Å². The fourth-order valence-corrected chi connectivity index (χ4v) is 2.12. The topological polar surface area (TPSA) is 41.1 Å². The second kappa shape index (κ2) is 6.19. The lowest BCUT2D eigenvalue weighted by atomic mass is 10.3. The molecule has 98 valence electrons. The highest BCUT2D eigenvalue weighted by atomic mass is 35.5. The molecular formula is C13H10Cl2N2OS. The fourth-order valence-electron chi connectivity index (χ4n) is 1.45. The number of rotatable bonds is 2. The highest BCUT2D eigenvalue weighted by Crippen LogP contribution is 2.26. The van der Waals surface area contributed by atoms with E-state index in [1.54, 1.807) is 30.3 Å². The first-order chi connectivity index (χ1) is 9.06. The van der Waals surface area contributed by atoms with Crippen molar-refractivity contribution in [3.05, 3.63) is 52.5 Å². The highest BCUT2D eigenvalue weighted by molar-refractivity contribution is 7.80. The molecule has 0 aliphatic heterocycles. The summed E-state index contributed by atoms with van der Waals surface area (Å²) in [5.41, 5.74) is 1.11. The van der Waals surface area contributed by atoms with E-state index in [1.165, 1.54) is 0 Å². The number of benzene rings is 2. The van der Waals surface area contributed by atoms with Gasteiger partial charge in [0, 0.05) is 9.92 Å². The maximum absolute atomic E-state index is 11.8. The number of anilines is 2. The minimum Gasteiger partial charge on any atom is -0.307 e. The lowest BCUT2D eigenvalue weighted by Gasteiger charge is -2.10. The molecular weight excluding hydrogens is 303 g/mol. The first-order valence-corrected chi connectivity index (χ1v) is 6.57. The van der Waals surface area contributed by atoms with Crippen molar-refractivity contribution in [2.24, 2.45) is 0 Å². The van der Waals surface area contributed by atoms with Gasteiger partial charge in [0.25, 0.3) is 0 Å². The summed E-state index contributed by atoms with van der Waals surface area (Å²) in [4.78, 5) is 12.5. The van der Waals surface area contributed by atoms with E-state index >= 15 is 0 Å². The van der Waals surface area contributed by atoms with Crippen LogP contribution >= 0.6 is 35.8 Å². The molecule has 2 aromatic carbocycles. The van der Waals surface area contributed by atoms with Crippen molar-refractivity contribution in [3.63, 3.8) is 0 Å². The molecule has 19 heavy (non-hydrogen) atoms. The quantitative estimate of drug-likeness (QED) is 0.676. The van der Waals surface area contributed by atoms with E-state index in [-0.39, 0.29) is 0 Å². The third kappa shape index (κ3) is 3.80. The Labute approximate surface area is 126 Å². The predicted molar refractivity (Wildman–Crippen MR) is 82.8 cm³/mol. The van der Waals surface area contributed by atoms with Gasteiger partial charge in [-0.2, -0.15) is 0 Å². The zero-order valence-corrected chi connectivity index (χ0v) is 12.1. The van der Waals surface area contributed by atoms with Crippen LogP contribution in [0, 0.1) is 0 Å². The predicted octanol–water partition coefficient (Wildman–Crippen LogP) is 4.93. The Morgan fingerprint density at radius 3 is 2.37 bits per heavy atom. The molecule has 0 bridgehead atoms. The third-order valence-electron chi connectivity index (χ3n) is 2.33. The van der Waals surface area contributed by atoms with E-state index in [9.17, 15) is 4.79 Å². The van der Waals surface area contributed by atoms with Gasteiger partial charge in [0.2, 0.25) is 0 Å². The summed E-state index contributed by atoms with van der Waals surface area (Å²) in [6.45, 7) is 0. The Morgan fingerprint density at radius 2 is 1.68 bits per heavy atom. The van der Waals surface area contributed by atoms with Crippen LogP contribution in [0.4, 0.5) is 16.2 Å². The molecule has 2 amide bonds. The molecule has 0 fully saturated rings. The monoisotopic (exact) mass is 312 g/mol. The normalized spacial score (nSPS) is 10.1. The third-order valence-corrected chi connectivity index (χ3v) is 3.27. The van der Waals surface area contributed by atoms with Gasteiger partial charge < -0.3 is 10.6 Å². The average Bonchev–Trinajstić information content (AvgIpc) is 2.36. The van der Waals surface area contributed by atoms with E-state index in [0.29, 0.717) is 26.3 Å². The van der Waals surface area contributed by atoms with Crippen molar-refractivity contribution in [2.75, 3.05) is 10.6 Å². The molecule has 0 saturated carbocycles. The number of carbonyl (C=O) groups is 1. The Bertz CT molecular complexity index is 619. The maximum Gasteiger partial charge on any atom is 0.323 e. The molecule has 0 radical (unpaired) electrons. The molecule has 2 N–H and O–H groups in total. The van der Waals surface area contributed by atoms with E-state index in [0.717, 1.165) is 0 Å². The van der Waals surface area contributed by atoms with Gasteiger partial charge in [0.15, 0.2) is 0 Å². The summed E-state index contributed by atoms with van der Waals surface area (Å²) in [7, 11) is 0. The number of hydrogen-bond acceptors (Lipinski definition) is 2. The Morgan fingerprint density at radius 1 is 1.00 bits per heavy atom. The zero-order chi connectivity index (χ0) is 13.8. The van der Waals surface area contributed by atoms with Crippen molar-refractivity contribution in [1.29, 1.82) is 0 Å². The zero-order valence-electron chi connectivity index (χ0n) is 9.65. The molecule has 0 aliphatic carbocycles. The van der Waals surface area contributed by atoms with E-state index in [1.807, 2.05) is 12.1 Å². The van der Waals surface area contributed by atoms with Crippen LogP contribution in [0.25, 0.3) is 0 Å². The number of carbonyl (C=O) groups excluding carboxylic acids is 1. The number of thiol groups is 1. The van der Waals surface area contributed by atoms with Gasteiger partial charge in [-0.1, -0.05) is 35.3 Å². The van der Waals surface area contributed by atoms with Crippen LogP contribution in [0.3, 0.4) is 0 Å². The molecule has 2 rings (SSSR count). The number of para-hydroxylation sites is 1. The minimum atomic E-state index is -0.397. The van der Waals surface area contributed by atoms with Crippen molar-refractivity contribution in [1.82, 2.24) is 0 Å². The summed E-state index contributed by atoms with van der Waals surface area (Å²) in [6, 6.07) is 11.6. The number of amides is 2. The molecule has 6 heteroatoms. The molecule has 3 nitrogen and oxygen atoms in total. The van der Waals surface area contributed by atoms with Gasteiger partial charge in [-0.3, -0.25) is 0 Å². The molecule has 2 aromatic rings. The minimum absolute atomic E-state index is 0.377. The number of urea groups is 1. The summed E-state index contributed by atoms with van der Waals surface area (Å²) in [5, 5.41) is 6.21. The molecule has 0 aliphatic rings. The van der Waals surface area contributed by atoms with Gasteiger partial charge in [-0.15, -0.1) is 12.6 Å². The van der Waals surface area contributed by atoms with E-state index in [2.05, 4.69) is 23.3 Å². The number of hydrogen-bond donors (Lipinski definition) is 3. The van der Waals surface area contributed by atoms with Gasteiger partial charge in [0.05, 0.1) is 16.4 Å². The van der Waals surface area contributed by atoms with Crippen LogP contribution in [0.1, 0.15) is 0 Å². The van der Waals surface area contributed by atoms with Crippen molar-refractivity contribution >= 4 is 53.2 Å². The summed E-state index contributed by atoms with van der Waals surface area (Å²) < 4.78 is 0. The second-order valence-corrected chi connectivity index (χ2v) is 5.05. The van der Waals surface area contributed by atoms with Gasteiger partial charge in [0.1, 0.15) is 0 Å². The number of halogens is 2. The Hall–Kier alpha value is -1.36. The van der Waals surface area contributed by atoms with Crippen molar-refractivity contribution < 1.29 is 4.79 Å². The molecule has 0 atom stereocenters. The first-order valence-electron chi connectivity index (χ1n) is 5.37. The summed E-state index contributed by atoms with van der Waals surface area (Å²) in [5.74, 6) is 0. The average molecular weight is 313 g/mol. The van der Waals surface area contributed by atoms with Crippen LogP contribution in [-0.2, 0) is 0 Å². The lowest BCUT2D eigenvalue weighted by Crippen LogP contribution is -2.19. The number of nitrogens with one attached hydrogen (secondary N) is 2. The van der Waals surface area contributed by atoms with Gasteiger partial charge >= 0.3 is 6.03 Å². The lowest BCUT2D eigenvalue weighted by molar-refractivity contribution is 0.262. The fraction of sp³-hybridized carbons (Fsp3) is 0. The largest absolute Gasteiger partial charge is 0.323 e. The first kappa shape index (κ1) is 14.1. The molecule has 0 saturated heterocycles. The van der Waals surface area contributed by atoms with Gasteiger partial charge in [-0.05, 0) is 30.3 Å². The van der Waals surface area contributed by atoms with Crippen LogP contribution in [0.2, 0.25) is 10.0 Å². The SMILES string of the molecule is O=C(Nc1ccccc1S)Nc1ccc(Cl)cc1Cl. The van der Waals surface area contributed by atoms with E-state index in [4.69, 9.17) is 23.2 Å². The molecule has 0 heterocycles. The van der Waals surface area contributed by atoms with Crippen molar-refractivity contribution in [2.45, 2.75) is 4.90 Å². The maximum atomic E-state index is 11.8. The second-order valence-electron chi connectivity index (χ2n) is 3.72. The molecule has 0 unspecified atom stereocenters. The summed E-state index contributed by atoms with van der Waals surface area (Å²) >= 11 is 16.0. The molecule has 0 aromatic heterocycles. The van der Waals surface area contributed by atoms with Crippen molar-refractivity contribution in [3.8, 4) is 0 Å².